The molecule has 0 aliphatic carbocycles. The average molecular weight is 196 g/mol. The van der Waals surface area contributed by atoms with Gasteiger partial charge in [-0.1, -0.05) is 6.08 Å². The van der Waals surface area contributed by atoms with Gasteiger partial charge in [0, 0.05) is 9.75 Å². The van der Waals surface area contributed by atoms with E-state index in [9.17, 15) is 4.79 Å². The van der Waals surface area contributed by atoms with E-state index in [2.05, 4.69) is 0 Å². The van der Waals surface area contributed by atoms with Gasteiger partial charge in [-0.2, -0.15) is 0 Å². The molecule has 1 heterocycles. The van der Waals surface area contributed by atoms with Crippen molar-refractivity contribution in [3.8, 4) is 0 Å². The molecule has 1 rings (SSSR count). The van der Waals surface area contributed by atoms with Gasteiger partial charge in [-0.05, 0) is 31.6 Å². The zero-order valence-corrected chi connectivity index (χ0v) is 8.52. The molecule has 0 spiro atoms. The lowest BCUT2D eigenvalue weighted by molar-refractivity contribution is -0.135. The lowest BCUT2D eigenvalue weighted by atomic mass is 10.2. The average Bonchev–Trinajstić information content (AvgIpc) is 2.47. The van der Waals surface area contributed by atoms with E-state index in [1.165, 1.54) is 4.88 Å². The number of carboxylic acids is 1. The third kappa shape index (κ3) is 3.03. The van der Waals surface area contributed by atoms with Crippen molar-refractivity contribution in [2.75, 3.05) is 0 Å². The topological polar surface area (TPSA) is 37.3 Å². The Hall–Kier alpha value is -1.09. The van der Waals surface area contributed by atoms with Gasteiger partial charge in [-0.15, -0.1) is 11.3 Å². The lowest BCUT2D eigenvalue weighted by Gasteiger charge is -1.94. The van der Waals surface area contributed by atoms with Gasteiger partial charge >= 0.3 is 5.97 Å². The van der Waals surface area contributed by atoms with E-state index in [4.69, 9.17) is 5.11 Å². The lowest BCUT2D eigenvalue weighted by Crippen LogP contribution is -1.90. The first-order chi connectivity index (χ1) is 6.09. The number of hydrogen-bond acceptors (Lipinski definition) is 2. The molecule has 0 aromatic carbocycles. The van der Waals surface area contributed by atoms with Crippen LogP contribution in [-0.2, 0) is 4.79 Å². The maximum absolute atomic E-state index is 10.3. The number of aryl methyl sites for hydroxylation is 1. The van der Waals surface area contributed by atoms with Crippen LogP contribution in [0.15, 0.2) is 18.2 Å². The Bertz CT molecular complexity index is 336. The first kappa shape index (κ1) is 9.99. The molecule has 0 saturated carbocycles. The minimum atomic E-state index is -0.785. The standard InChI is InChI=1S/C10H12O2S/c1-7(3-6-10(11)12)9-5-4-8(2)13-9/h3-5H,6H2,1-2H3,(H,11,12)/b7-3+. The van der Waals surface area contributed by atoms with E-state index in [1.807, 2.05) is 26.0 Å². The molecule has 0 amide bonds. The second-order valence-corrected chi connectivity index (χ2v) is 4.18. The maximum atomic E-state index is 10.3. The number of allylic oxidation sites excluding steroid dienone is 1. The fraction of sp³-hybridized carbons (Fsp3) is 0.300. The highest BCUT2D eigenvalue weighted by Crippen LogP contribution is 2.23. The Kier molecular flexibility index (Phi) is 3.25. The summed E-state index contributed by atoms with van der Waals surface area (Å²) in [5.41, 5.74) is 1.04. The van der Waals surface area contributed by atoms with Crippen LogP contribution < -0.4 is 0 Å². The highest BCUT2D eigenvalue weighted by Gasteiger charge is 1.99. The first-order valence-electron chi connectivity index (χ1n) is 4.05. The first-order valence-corrected chi connectivity index (χ1v) is 4.86. The monoisotopic (exact) mass is 196 g/mol. The Morgan fingerprint density at radius 3 is 2.77 bits per heavy atom. The maximum Gasteiger partial charge on any atom is 0.307 e. The zero-order valence-electron chi connectivity index (χ0n) is 7.70. The SMILES string of the molecule is C/C(=C\CC(=O)O)c1ccc(C)s1. The Morgan fingerprint density at radius 1 is 1.62 bits per heavy atom. The number of rotatable bonds is 3. The molecular formula is C10H12O2S. The number of carboxylic acid groups (broad SMARTS) is 1. The quantitative estimate of drug-likeness (QED) is 0.807. The molecule has 70 valence electrons. The van der Waals surface area contributed by atoms with Crippen LogP contribution in [0.4, 0.5) is 0 Å². The highest BCUT2D eigenvalue weighted by molar-refractivity contribution is 7.13. The van der Waals surface area contributed by atoms with Crippen molar-refractivity contribution >= 4 is 22.9 Å². The minimum Gasteiger partial charge on any atom is -0.481 e. The molecule has 1 aromatic heterocycles. The largest absolute Gasteiger partial charge is 0.481 e. The minimum absolute atomic E-state index is 0.1000. The van der Waals surface area contributed by atoms with Gasteiger partial charge in [0.15, 0.2) is 0 Å². The summed E-state index contributed by atoms with van der Waals surface area (Å²) in [5.74, 6) is -0.785. The van der Waals surface area contributed by atoms with Gasteiger partial charge in [0.25, 0.3) is 0 Å². The molecule has 0 unspecified atom stereocenters. The molecule has 1 N–H and O–H groups in total. The van der Waals surface area contributed by atoms with Crippen LogP contribution in [0.3, 0.4) is 0 Å². The predicted octanol–water partition coefficient (Wildman–Crippen LogP) is 2.93. The summed E-state index contributed by atoms with van der Waals surface area (Å²) in [4.78, 5) is 12.7. The van der Waals surface area contributed by atoms with Crippen molar-refractivity contribution in [3.63, 3.8) is 0 Å². The van der Waals surface area contributed by atoms with Crippen molar-refractivity contribution in [3.05, 3.63) is 28.0 Å². The summed E-state index contributed by atoms with van der Waals surface area (Å²) in [6.45, 7) is 3.98. The van der Waals surface area contributed by atoms with Gasteiger partial charge in [0.05, 0.1) is 6.42 Å². The van der Waals surface area contributed by atoms with Crippen LogP contribution in [0.2, 0.25) is 0 Å². The second-order valence-electron chi connectivity index (χ2n) is 2.90. The van der Waals surface area contributed by atoms with E-state index >= 15 is 0 Å². The van der Waals surface area contributed by atoms with E-state index < -0.39 is 5.97 Å². The van der Waals surface area contributed by atoms with Crippen LogP contribution >= 0.6 is 11.3 Å². The van der Waals surface area contributed by atoms with Crippen LogP contribution in [0.5, 0.6) is 0 Å². The van der Waals surface area contributed by atoms with E-state index in [-0.39, 0.29) is 6.42 Å². The second kappa shape index (κ2) is 4.23. The molecule has 0 fully saturated rings. The molecule has 0 saturated heterocycles. The summed E-state index contributed by atoms with van der Waals surface area (Å²) >= 11 is 1.69. The number of carbonyl (C=O) groups is 1. The zero-order chi connectivity index (χ0) is 9.84. The summed E-state index contributed by atoms with van der Waals surface area (Å²) in [6, 6.07) is 4.06. The van der Waals surface area contributed by atoms with Crippen molar-refractivity contribution < 1.29 is 9.90 Å². The molecule has 0 aliphatic rings. The molecule has 0 atom stereocenters. The predicted molar refractivity (Wildman–Crippen MR) is 55.0 cm³/mol. The molecular weight excluding hydrogens is 184 g/mol. The van der Waals surface area contributed by atoms with Gasteiger partial charge in [-0.25, -0.2) is 0 Å². The van der Waals surface area contributed by atoms with E-state index in [0.29, 0.717) is 0 Å². The molecule has 1 aromatic rings. The summed E-state index contributed by atoms with van der Waals surface area (Å²) in [6.07, 6.45) is 1.84. The van der Waals surface area contributed by atoms with Crippen LogP contribution in [-0.4, -0.2) is 11.1 Å². The van der Waals surface area contributed by atoms with Gasteiger partial charge in [0.2, 0.25) is 0 Å². The van der Waals surface area contributed by atoms with Crippen molar-refractivity contribution in [1.29, 1.82) is 0 Å². The van der Waals surface area contributed by atoms with Crippen LogP contribution in [0.1, 0.15) is 23.1 Å². The normalized spacial score (nSPS) is 11.7. The van der Waals surface area contributed by atoms with Gasteiger partial charge in [-0.3, -0.25) is 4.79 Å². The van der Waals surface area contributed by atoms with E-state index in [1.54, 1.807) is 17.4 Å². The van der Waals surface area contributed by atoms with Gasteiger partial charge in [0.1, 0.15) is 0 Å². The third-order valence-electron chi connectivity index (χ3n) is 1.71. The molecule has 2 nitrogen and oxygen atoms in total. The van der Waals surface area contributed by atoms with Crippen LogP contribution in [0, 0.1) is 6.92 Å². The fourth-order valence-corrected chi connectivity index (χ4v) is 1.85. The Labute approximate surface area is 81.5 Å². The van der Waals surface area contributed by atoms with Crippen molar-refractivity contribution in [1.82, 2.24) is 0 Å². The summed E-state index contributed by atoms with van der Waals surface area (Å²) in [7, 11) is 0. The van der Waals surface area contributed by atoms with Crippen molar-refractivity contribution in [2.45, 2.75) is 20.3 Å². The Balaban J connectivity index is 2.72. The van der Waals surface area contributed by atoms with Crippen LogP contribution in [0.25, 0.3) is 5.57 Å². The summed E-state index contributed by atoms with van der Waals surface area (Å²) in [5, 5.41) is 8.47. The fourth-order valence-electron chi connectivity index (χ4n) is 0.987. The molecule has 3 heteroatoms. The summed E-state index contributed by atoms with van der Waals surface area (Å²) < 4.78 is 0. The van der Waals surface area contributed by atoms with Crippen molar-refractivity contribution in [2.24, 2.45) is 0 Å². The molecule has 13 heavy (non-hydrogen) atoms. The Morgan fingerprint density at radius 2 is 2.31 bits per heavy atom. The molecule has 0 aliphatic heterocycles. The highest BCUT2D eigenvalue weighted by atomic mass is 32.1. The number of aliphatic carboxylic acids is 1. The molecule has 0 bridgehead atoms. The number of hydrogen-bond donors (Lipinski definition) is 1. The van der Waals surface area contributed by atoms with Gasteiger partial charge < -0.3 is 5.11 Å². The van der Waals surface area contributed by atoms with E-state index in [0.717, 1.165) is 10.5 Å². The smallest absolute Gasteiger partial charge is 0.307 e. The number of thiophene rings is 1. The third-order valence-corrected chi connectivity index (χ3v) is 2.85. The molecule has 0 radical (unpaired) electrons.